The molecule has 0 aliphatic carbocycles. The third-order valence-electron chi connectivity index (χ3n) is 5.46. The van der Waals surface area contributed by atoms with Gasteiger partial charge >= 0.3 is 0 Å². The van der Waals surface area contributed by atoms with Crippen molar-refractivity contribution in [2.24, 2.45) is 0 Å². The summed E-state index contributed by atoms with van der Waals surface area (Å²) in [7, 11) is 2.14. The highest BCUT2D eigenvalue weighted by Crippen LogP contribution is 2.36. The van der Waals surface area contributed by atoms with E-state index in [0.717, 1.165) is 60.3 Å². The Morgan fingerprint density at radius 3 is 2.70 bits per heavy atom. The van der Waals surface area contributed by atoms with Crippen molar-refractivity contribution in [3.8, 4) is 5.75 Å². The molecule has 2 N–H and O–H groups in total. The molecular formula is C22H27N3O2. The molecule has 4 rings (SSSR count). The average molecular weight is 365 g/mol. The Morgan fingerprint density at radius 2 is 1.96 bits per heavy atom. The van der Waals surface area contributed by atoms with Crippen LogP contribution in [-0.4, -0.2) is 46.2 Å². The van der Waals surface area contributed by atoms with Crippen LogP contribution >= 0.6 is 0 Å². The van der Waals surface area contributed by atoms with Crippen molar-refractivity contribution in [3.05, 3.63) is 59.4 Å². The highest BCUT2D eigenvalue weighted by Gasteiger charge is 2.28. The average Bonchev–Trinajstić information content (AvgIpc) is 3.12. The van der Waals surface area contributed by atoms with E-state index in [1.165, 1.54) is 0 Å². The molecule has 2 aromatic carbocycles. The predicted molar refractivity (Wildman–Crippen MR) is 107 cm³/mol. The molecule has 3 aromatic rings. The number of aromatic hydroxyl groups is 1. The summed E-state index contributed by atoms with van der Waals surface area (Å²) in [6.07, 6.45) is 2.50. The van der Waals surface area contributed by atoms with Gasteiger partial charge in [-0.2, -0.15) is 0 Å². The molecular weight excluding hydrogens is 338 g/mol. The standard InChI is InChI=1S/C22H27N3O2/c1-3-15-7-6-8-17(20(15)26)21(27-16-11-13-25(2)14-12-16)22-23-18-9-4-5-10-19(18)24-22/h4-10,16,21,26H,3,11-14H2,1-2H3,(H,23,24). The number of phenolic OH excluding ortho intramolecular Hbond substituents is 1. The van der Waals surface area contributed by atoms with E-state index in [1.807, 2.05) is 49.4 Å². The number of ether oxygens (including phenoxy) is 1. The first-order chi connectivity index (χ1) is 13.2. The second-order valence-electron chi connectivity index (χ2n) is 7.37. The van der Waals surface area contributed by atoms with Crippen LogP contribution in [0, 0.1) is 0 Å². The molecule has 0 radical (unpaired) electrons. The van der Waals surface area contributed by atoms with E-state index in [-0.39, 0.29) is 6.10 Å². The van der Waals surface area contributed by atoms with E-state index in [9.17, 15) is 5.11 Å². The van der Waals surface area contributed by atoms with E-state index in [4.69, 9.17) is 9.72 Å². The zero-order chi connectivity index (χ0) is 18.8. The topological polar surface area (TPSA) is 61.4 Å². The summed E-state index contributed by atoms with van der Waals surface area (Å²) in [4.78, 5) is 10.5. The van der Waals surface area contributed by atoms with Crippen LogP contribution in [0.4, 0.5) is 0 Å². The summed E-state index contributed by atoms with van der Waals surface area (Å²) in [5.74, 6) is 1.07. The Kier molecular flexibility index (Phi) is 5.14. The second kappa shape index (κ2) is 7.71. The number of hydrogen-bond donors (Lipinski definition) is 2. The second-order valence-corrected chi connectivity index (χ2v) is 7.37. The van der Waals surface area contributed by atoms with Crippen LogP contribution in [-0.2, 0) is 11.2 Å². The van der Waals surface area contributed by atoms with Gasteiger partial charge in [-0.05, 0) is 44.0 Å². The maximum absolute atomic E-state index is 10.8. The lowest BCUT2D eigenvalue weighted by molar-refractivity contribution is -0.0271. The van der Waals surface area contributed by atoms with Crippen molar-refractivity contribution >= 4 is 11.0 Å². The molecule has 5 heteroatoms. The highest BCUT2D eigenvalue weighted by atomic mass is 16.5. The number of piperidine rings is 1. The molecule has 2 heterocycles. The lowest BCUT2D eigenvalue weighted by Gasteiger charge is -2.31. The Morgan fingerprint density at radius 1 is 1.19 bits per heavy atom. The smallest absolute Gasteiger partial charge is 0.144 e. The summed E-state index contributed by atoms with van der Waals surface area (Å²) < 4.78 is 6.54. The van der Waals surface area contributed by atoms with E-state index >= 15 is 0 Å². The maximum atomic E-state index is 10.8. The number of nitrogens with zero attached hydrogens (tertiary/aromatic N) is 2. The lowest BCUT2D eigenvalue weighted by Crippen LogP contribution is -2.35. The predicted octanol–water partition coefficient (Wildman–Crippen LogP) is 4.03. The molecule has 0 bridgehead atoms. The molecule has 142 valence electrons. The first-order valence-corrected chi connectivity index (χ1v) is 9.75. The highest BCUT2D eigenvalue weighted by molar-refractivity contribution is 5.75. The fourth-order valence-electron chi connectivity index (χ4n) is 3.80. The molecule has 1 atom stereocenters. The van der Waals surface area contributed by atoms with Crippen molar-refractivity contribution in [1.29, 1.82) is 0 Å². The number of fused-ring (bicyclic) bond motifs is 1. The molecule has 27 heavy (non-hydrogen) atoms. The third kappa shape index (κ3) is 3.70. The minimum Gasteiger partial charge on any atom is -0.507 e. The van der Waals surface area contributed by atoms with Crippen LogP contribution in [0.5, 0.6) is 5.75 Å². The molecule has 1 aliphatic heterocycles. The number of benzene rings is 2. The lowest BCUT2D eigenvalue weighted by atomic mass is 10.0. The Bertz CT molecular complexity index is 880. The number of H-pyrrole nitrogens is 1. The number of aromatic amines is 1. The Hall–Kier alpha value is -2.37. The van der Waals surface area contributed by atoms with Gasteiger partial charge in [0.25, 0.3) is 0 Å². The number of rotatable bonds is 5. The van der Waals surface area contributed by atoms with Crippen molar-refractivity contribution in [2.75, 3.05) is 20.1 Å². The number of nitrogens with one attached hydrogen (secondary N) is 1. The van der Waals surface area contributed by atoms with Crippen molar-refractivity contribution in [1.82, 2.24) is 14.9 Å². The summed E-state index contributed by atoms with van der Waals surface area (Å²) in [6, 6.07) is 13.9. The number of aromatic nitrogens is 2. The van der Waals surface area contributed by atoms with Crippen LogP contribution in [0.3, 0.4) is 0 Å². The van der Waals surface area contributed by atoms with Crippen LogP contribution < -0.4 is 0 Å². The zero-order valence-corrected chi connectivity index (χ0v) is 16.0. The molecule has 1 saturated heterocycles. The molecule has 1 aromatic heterocycles. The van der Waals surface area contributed by atoms with Crippen LogP contribution in [0.15, 0.2) is 42.5 Å². The molecule has 5 nitrogen and oxygen atoms in total. The first-order valence-electron chi connectivity index (χ1n) is 9.75. The maximum Gasteiger partial charge on any atom is 0.144 e. The molecule has 0 spiro atoms. The van der Waals surface area contributed by atoms with E-state index in [0.29, 0.717) is 5.75 Å². The summed E-state index contributed by atoms with van der Waals surface area (Å²) in [6.45, 7) is 4.10. The molecule has 0 amide bonds. The largest absolute Gasteiger partial charge is 0.507 e. The quantitative estimate of drug-likeness (QED) is 0.717. The summed E-state index contributed by atoms with van der Waals surface area (Å²) in [5, 5.41) is 10.8. The van der Waals surface area contributed by atoms with Gasteiger partial charge in [0.15, 0.2) is 0 Å². The number of phenols is 1. The third-order valence-corrected chi connectivity index (χ3v) is 5.46. The number of imidazole rings is 1. The fraction of sp³-hybridized carbons (Fsp3) is 0.409. The van der Waals surface area contributed by atoms with Gasteiger partial charge < -0.3 is 19.7 Å². The van der Waals surface area contributed by atoms with Crippen molar-refractivity contribution < 1.29 is 9.84 Å². The first kappa shape index (κ1) is 18.0. The minimum absolute atomic E-state index is 0.157. The SMILES string of the molecule is CCc1cccc(C(OC2CCN(C)CC2)c2nc3ccccc3[nH]2)c1O. The van der Waals surface area contributed by atoms with Gasteiger partial charge in [0.2, 0.25) is 0 Å². The van der Waals surface area contributed by atoms with Crippen molar-refractivity contribution in [3.63, 3.8) is 0 Å². The van der Waals surface area contributed by atoms with Gasteiger partial charge in [0, 0.05) is 18.7 Å². The number of likely N-dealkylation sites (tertiary alicyclic amines) is 1. The Labute approximate surface area is 160 Å². The monoisotopic (exact) mass is 365 g/mol. The Balaban J connectivity index is 1.73. The molecule has 1 unspecified atom stereocenters. The molecule has 1 fully saturated rings. The van der Waals surface area contributed by atoms with Gasteiger partial charge in [-0.15, -0.1) is 0 Å². The fourth-order valence-corrected chi connectivity index (χ4v) is 3.80. The molecule has 1 aliphatic rings. The zero-order valence-electron chi connectivity index (χ0n) is 16.0. The summed E-state index contributed by atoms with van der Waals surface area (Å²) >= 11 is 0. The number of hydrogen-bond acceptors (Lipinski definition) is 4. The van der Waals surface area contributed by atoms with Gasteiger partial charge in [0.05, 0.1) is 17.1 Å². The van der Waals surface area contributed by atoms with Gasteiger partial charge in [-0.25, -0.2) is 4.98 Å². The van der Waals surface area contributed by atoms with E-state index < -0.39 is 6.10 Å². The normalized spacial score (nSPS) is 17.4. The van der Waals surface area contributed by atoms with Crippen LogP contribution in [0.25, 0.3) is 11.0 Å². The van der Waals surface area contributed by atoms with Gasteiger partial charge in [-0.3, -0.25) is 0 Å². The number of para-hydroxylation sites is 3. The van der Waals surface area contributed by atoms with Gasteiger partial charge in [0.1, 0.15) is 17.7 Å². The minimum atomic E-state index is -0.405. The van der Waals surface area contributed by atoms with E-state index in [1.54, 1.807) is 0 Å². The van der Waals surface area contributed by atoms with Crippen molar-refractivity contribution in [2.45, 2.75) is 38.4 Å². The molecule has 0 saturated carbocycles. The van der Waals surface area contributed by atoms with Gasteiger partial charge in [-0.1, -0.05) is 37.3 Å². The van der Waals surface area contributed by atoms with Crippen LogP contribution in [0.2, 0.25) is 0 Å². The summed E-state index contributed by atoms with van der Waals surface area (Å²) in [5.41, 5.74) is 3.61. The number of aryl methyl sites for hydroxylation is 1. The van der Waals surface area contributed by atoms with Crippen LogP contribution in [0.1, 0.15) is 42.8 Å². The van der Waals surface area contributed by atoms with E-state index in [2.05, 4.69) is 16.9 Å².